The molecule has 0 aromatic heterocycles. The second kappa shape index (κ2) is 10.6. The fraction of sp³-hybridized carbons (Fsp3) is 0.647. The topological polar surface area (TPSA) is 33.7 Å². The number of nitrogens with one attached hydrogen (secondary N) is 1. The van der Waals surface area contributed by atoms with Crippen LogP contribution in [0.2, 0.25) is 0 Å². The lowest BCUT2D eigenvalue weighted by molar-refractivity contribution is 0.0890. The molecule has 0 amide bonds. The van der Waals surface area contributed by atoms with E-state index in [-0.39, 0.29) is 0 Å². The predicted octanol–water partition coefficient (Wildman–Crippen LogP) is 2.39. The maximum Gasteiger partial charge on any atom is 0.119 e. The highest BCUT2D eigenvalue weighted by Crippen LogP contribution is 2.12. The molecule has 120 valence electrons. The lowest BCUT2D eigenvalue weighted by Crippen LogP contribution is -2.19. The van der Waals surface area contributed by atoms with Crippen LogP contribution in [0.3, 0.4) is 0 Å². The van der Waals surface area contributed by atoms with Crippen LogP contribution < -0.4 is 10.1 Å². The third-order valence-corrected chi connectivity index (χ3v) is 2.98. The van der Waals surface area contributed by atoms with Gasteiger partial charge in [0, 0.05) is 13.1 Å². The molecule has 0 spiro atoms. The molecule has 4 heteroatoms. The number of benzene rings is 1. The summed E-state index contributed by atoms with van der Waals surface area (Å²) in [5.74, 6) is 1.58. The molecule has 0 radical (unpaired) electrons. The molecule has 1 N–H and O–H groups in total. The summed E-state index contributed by atoms with van der Waals surface area (Å²) in [5.41, 5.74) is 1.28. The van der Waals surface area contributed by atoms with Crippen LogP contribution in [0, 0.1) is 5.92 Å². The molecule has 21 heavy (non-hydrogen) atoms. The van der Waals surface area contributed by atoms with E-state index < -0.39 is 0 Å². The maximum absolute atomic E-state index is 5.65. The summed E-state index contributed by atoms with van der Waals surface area (Å²) < 4.78 is 11.1. The summed E-state index contributed by atoms with van der Waals surface area (Å²) >= 11 is 0. The number of ether oxygens (including phenoxy) is 2. The van der Waals surface area contributed by atoms with Gasteiger partial charge < -0.3 is 19.7 Å². The van der Waals surface area contributed by atoms with Crippen molar-refractivity contribution in [2.24, 2.45) is 5.92 Å². The van der Waals surface area contributed by atoms with Gasteiger partial charge in [0.15, 0.2) is 0 Å². The van der Waals surface area contributed by atoms with Crippen molar-refractivity contribution in [1.82, 2.24) is 10.2 Å². The Morgan fingerprint density at radius 2 is 1.76 bits per heavy atom. The maximum atomic E-state index is 5.65. The summed E-state index contributed by atoms with van der Waals surface area (Å²) in [6.07, 6.45) is 0. The number of rotatable bonds is 11. The van der Waals surface area contributed by atoms with Crippen LogP contribution in [0.4, 0.5) is 0 Å². The van der Waals surface area contributed by atoms with Gasteiger partial charge in [0.25, 0.3) is 0 Å². The van der Waals surface area contributed by atoms with E-state index in [9.17, 15) is 0 Å². The molecule has 0 aliphatic heterocycles. The lowest BCUT2D eigenvalue weighted by Gasteiger charge is -2.11. The zero-order valence-corrected chi connectivity index (χ0v) is 13.9. The van der Waals surface area contributed by atoms with E-state index in [1.165, 1.54) is 5.56 Å². The Morgan fingerprint density at radius 3 is 2.38 bits per heavy atom. The normalized spacial score (nSPS) is 11.3. The zero-order chi connectivity index (χ0) is 15.5. The van der Waals surface area contributed by atoms with Crippen molar-refractivity contribution < 1.29 is 9.47 Å². The molecule has 0 fully saturated rings. The van der Waals surface area contributed by atoms with Gasteiger partial charge in [-0.2, -0.15) is 0 Å². The summed E-state index contributed by atoms with van der Waals surface area (Å²) in [6.45, 7) is 9.29. The Kier molecular flexibility index (Phi) is 9.06. The van der Waals surface area contributed by atoms with Gasteiger partial charge in [-0.1, -0.05) is 26.0 Å². The molecule has 0 aliphatic carbocycles. The minimum Gasteiger partial charge on any atom is -0.491 e. The van der Waals surface area contributed by atoms with E-state index in [0.29, 0.717) is 19.1 Å². The standard InChI is InChI=1S/C17H30N2O2/c1-15(2)13-18-14-16-5-7-17(8-6-16)21-12-11-20-10-9-19(3)4/h5-8,15,18H,9-14H2,1-4H3. The number of likely N-dealkylation sites (N-methyl/N-ethyl adjacent to an activating group) is 1. The number of nitrogens with zero attached hydrogens (tertiary/aromatic N) is 1. The second-order valence-electron chi connectivity index (χ2n) is 5.93. The molecular weight excluding hydrogens is 264 g/mol. The summed E-state index contributed by atoms with van der Waals surface area (Å²) in [4.78, 5) is 2.10. The SMILES string of the molecule is CC(C)CNCc1ccc(OCCOCCN(C)C)cc1. The quantitative estimate of drug-likeness (QED) is 0.635. The first-order valence-electron chi connectivity index (χ1n) is 7.73. The van der Waals surface area contributed by atoms with Crippen molar-refractivity contribution in [2.45, 2.75) is 20.4 Å². The van der Waals surface area contributed by atoms with Gasteiger partial charge in [0.05, 0.1) is 13.2 Å². The van der Waals surface area contributed by atoms with Crippen LogP contribution in [-0.4, -0.2) is 51.9 Å². The highest BCUT2D eigenvalue weighted by atomic mass is 16.5. The Balaban J connectivity index is 2.13. The molecule has 1 aromatic carbocycles. The molecule has 0 bridgehead atoms. The van der Waals surface area contributed by atoms with Crippen molar-refractivity contribution in [1.29, 1.82) is 0 Å². The minimum atomic E-state index is 0.596. The number of hydrogen-bond donors (Lipinski definition) is 1. The predicted molar refractivity (Wildman–Crippen MR) is 87.9 cm³/mol. The van der Waals surface area contributed by atoms with Crippen molar-refractivity contribution in [2.75, 3.05) is 47.0 Å². The van der Waals surface area contributed by atoms with E-state index in [0.717, 1.165) is 32.0 Å². The Bertz CT molecular complexity index is 364. The summed E-state index contributed by atoms with van der Waals surface area (Å²) in [7, 11) is 4.08. The molecular formula is C17H30N2O2. The van der Waals surface area contributed by atoms with Crippen molar-refractivity contribution >= 4 is 0 Å². The Hall–Kier alpha value is -1.10. The van der Waals surface area contributed by atoms with Crippen LogP contribution in [0.1, 0.15) is 19.4 Å². The molecule has 0 saturated carbocycles. The van der Waals surface area contributed by atoms with Gasteiger partial charge in [-0.15, -0.1) is 0 Å². The fourth-order valence-corrected chi connectivity index (χ4v) is 1.78. The third kappa shape index (κ3) is 9.45. The molecule has 1 rings (SSSR count). The molecule has 1 aromatic rings. The second-order valence-corrected chi connectivity index (χ2v) is 5.93. The van der Waals surface area contributed by atoms with Gasteiger partial charge in [-0.05, 0) is 44.3 Å². The fourth-order valence-electron chi connectivity index (χ4n) is 1.78. The third-order valence-electron chi connectivity index (χ3n) is 2.98. The molecule has 0 unspecified atom stereocenters. The highest BCUT2D eigenvalue weighted by Gasteiger charge is 1.98. The lowest BCUT2D eigenvalue weighted by atomic mass is 10.2. The van der Waals surface area contributed by atoms with Crippen LogP contribution in [0.15, 0.2) is 24.3 Å². The molecule has 0 heterocycles. The summed E-state index contributed by atoms with van der Waals surface area (Å²) in [6, 6.07) is 8.25. The van der Waals surface area contributed by atoms with Crippen molar-refractivity contribution in [3.8, 4) is 5.75 Å². The van der Waals surface area contributed by atoms with Crippen molar-refractivity contribution in [3.63, 3.8) is 0 Å². The van der Waals surface area contributed by atoms with Gasteiger partial charge in [0.2, 0.25) is 0 Å². The van der Waals surface area contributed by atoms with E-state index in [2.05, 4.69) is 36.2 Å². The van der Waals surface area contributed by atoms with E-state index in [1.54, 1.807) is 0 Å². The first-order chi connectivity index (χ1) is 10.1. The monoisotopic (exact) mass is 294 g/mol. The van der Waals surface area contributed by atoms with Crippen LogP contribution in [0.5, 0.6) is 5.75 Å². The molecule has 0 aliphatic rings. The highest BCUT2D eigenvalue weighted by molar-refractivity contribution is 5.27. The first kappa shape index (κ1) is 18.0. The molecule has 0 saturated heterocycles. The molecule has 4 nitrogen and oxygen atoms in total. The van der Waals surface area contributed by atoms with E-state index >= 15 is 0 Å². The Labute approximate surface area is 129 Å². The largest absolute Gasteiger partial charge is 0.491 e. The van der Waals surface area contributed by atoms with Crippen LogP contribution >= 0.6 is 0 Å². The van der Waals surface area contributed by atoms with Crippen molar-refractivity contribution in [3.05, 3.63) is 29.8 Å². The average Bonchev–Trinajstić information content (AvgIpc) is 2.43. The van der Waals surface area contributed by atoms with Gasteiger partial charge in [-0.3, -0.25) is 0 Å². The van der Waals surface area contributed by atoms with Gasteiger partial charge >= 0.3 is 0 Å². The van der Waals surface area contributed by atoms with E-state index in [1.807, 2.05) is 26.2 Å². The van der Waals surface area contributed by atoms with Crippen LogP contribution in [-0.2, 0) is 11.3 Å². The Morgan fingerprint density at radius 1 is 1.05 bits per heavy atom. The average molecular weight is 294 g/mol. The van der Waals surface area contributed by atoms with Crippen LogP contribution in [0.25, 0.3) is 0 Å². The first-order valence-corrected chi connectivity index (χ1v) is 7.73. The zero-order valence-electron chi connectivity index (χ0n) is 13.9. The minimum absolute atomic E-state index is 0.596. The number of hydrogen-bond acceptors (Lipinski definition) is 4. The van der Waals surface area contributed by atoms with Gasteiger partial charge in [-0.25, -0.2) is 0 Å². The van der Waals surface area contributed by atoms with Gasteiger partial charge in [0.1, 0.15) is 12.4 Å². The summed E-state index contributed by atoms with van der Waals surface area (Å²) in [5, 5.41) is 3.43. The smallest absolute Gasteiger partial charge is 0.119 e. The van der Waals surface area contributed by atoms with E-state index in [4.69, 9.17) is 9.47 Å². The molecule has 0 atom stereocenters.